The summed E-state index contributed by atoms with van der Waals surface area (Å²) < 4.78 is 1.83. The summed E-state index contributed by atoms with van der Waals surface area (Å²) in [6.07, 6.45) is 0. The molecule has 0 spiro atoms. The smallest absolute Gasteiger partial charge is 0.306 e. The molecule has 1 aromatic heterocycles. The summed E-state index contributed by atoms with van der Waals surface area (Å²) in [5, 5.41) is 0.676. The molecule has 0 aliphatic rings. The molecule has 108 valence electrons. The molecule has 3 rings (SSSR count). The molecule has 0 saturated carbocycles. The summed E-state index contributed by atoms with van der Waals surface area (Å²) in [4.78, 5) is 16.9. The highest BCUT2D eigenvalue weighted by atomic mass is 79.9. The molecule has 0 fully saturated rings. The number of imidazole rings is 1. The minimum absolute atomic E-state index is 0.0404. The van der Waals surface area contributed by atoms with Crippen molar-refractivity contribution in [3.05, 3.63) is 65.9 Å². The van der Waals surface area contributed by atoms with E-state index in [0.717, 1.165) is 31.1 Å². The van der Waals surface area contributed by atoms with Gasteiger partial charge in [-0.3, -0.25) is 0 Å². The maximum Gasteiger partial charge on any atom is 0.323 e. The van der Waals surface area contributed by atoms with Crippen LogP contribution in [0.15, 0.2) is 44.1 Å². The molecular formula is C14H8Br3ClN2O. The number of H-pyrrole nitrogens is 2. The molecule has 0 saturated heterocycles. The van der Waals surface area contributed by atoms with E-state index in [-0.39, 0.29) is 10.5 Å². The Balaban J connectivity index is 2.14. The molecule has 7 heteroatoms. The van der Waals surface area contributed by atoms with Crippen molar-refractivity contribution in [3.8, 4) is 0 Å². The Morgan fingerprint density at radius 1 is 0.952 bits per heavy atom. The average Bonchev–Trinajstić information content (AvgIpc) is 2.76. The van der Waals surface area contributed by atoms with Gasteiger partial charge in [0, 0.05) is 14.0 Å². The van der Waals surface area contributed by atoms with Gasteiger partial charge in [0.1, 0.15) is 0 Å². The SMILES string of the molecule is O=c1[nH]c2cc(Br)c(C(Br)c3ccc(Cl)cc3Br)cc2[nH]1. The zero-order valence-electron chi connectivity index (χ0n) is 10.4. The molecular weight excluding hydrogens is 487 g/mol. The maximum absolute atomic E-state index is 11.4. The van der Waals surface area contributed by atoms with Gasteiger partial charge in [0.05, 0.1) is 15.9 Å². The Morgan fingerprint density at radius 2 is 1.57 bits per heavy atom. The monoisotopic (exact) mass is 492 g/mol. The number of alkyl halides is 1. The fraction of sp³-hybridized carbons (Fsp3) is 0.0714. The Bertz CT molecular complexity index is 888. The van der Waals surface area contributed by atoms with E-state index in [2.05, 4.69) is 57.8 Å². The van der Waals surface area contributed by atoms with Gasteiger partial charge in [0.2, 0.25) is 0 Å². The number of benzene rings is 2. The number of fused-ring (bicyclic) bond motifs is 1. The third kappa shape index (κ3) is 2.99. The minimum atomic E-state index is -0.215. The normalized spacial score (nSPS) is 12.8. The van der Waals surface area contributed by atoms with Crippen molar-refractivity contribution >= 4 is 70.4 Å². The highest BCUT2D eigenvalue weighted by Crippen LogP contribution is 2.40. The third-order valence-electron chi connectivity index (χ3n) is 3.14. The van der Waals surface area contributed by atoms with Crippen molar-refractivity contribution in [1.29, 1.82) is 0 Å². The van der Waals surface area contributed by atoms with Crippen molar-refractivity contribution in [2.75, 3.05) is 0 Å². The van der Waals surface area contributed by atoms with Crippen LogP contribution in [-0.4, -0.2) is 9.97 Å². The summed E-state index contributed by atoms with van der Waals surface area (Å²) in [5.74, 6) is 0. The number of hydrogen-bond donors (Lipinski definition) is 2. The van der Waals surface area contributed by atoms with Gasteiger partial charge >= 0.3 is 5.69 Å². The molecule has 3 aromatic rings. The lowest BCUT2D eigenvalue weighted by Crippen LogP contribution is -1.99. The molecule has 1 atom stereocenters. The molecule has 2 aromatic carbocycles. The van der Waals surface area contributed by atoms with Crippen molar-refractivity contribution in [2.45, 2.75) is 4.83 Å². The molecule has 1 unspecified atom stereocenters. The van der Waals surface area contributed by atoms with Crippen LogP contribution >= 0.6 is 59.4 Å². The molecule has 1 heterocycles. The van der Waals surface area contributed by atoms with Gasteiger partial charge in [-0.15, -0.1) is 0 Å². The fourth-order valence-corrected chi connectivity index (χ4v) is 5.02. The highest BCUT2D eigenvalue weighted by molar-refractivity contribution is 9.11. The summed E-state index contributed by atoms with van der Waals surface area (Å²) in [7, 11) is 0. The topological polar surface area (TPSA) is 48.6 Å². The second-order valence-electron chi connectivity index (χ2n) is 4.53. The molecule has 21 heavy (non-hydrogen) atoms. The maximum atomic E-state index is 11.4. The van der Waals surface area contributed by atoms with E-state index in [1.54, 1.807) is 0 Å². The van der Waals surface area contributed by atoms with Crippen molar-refractivity contribution in [3.63, 3.8) is 0 Å². The molecule has 0 aliphatic heterocycles. The number of nitrogens with one attached hydrogen (secondary N) is 2. The quantitative estimate of drug-likeness (QED) is 0.452. The van der Waals surface area contributed by atoms with Crippen LogP contribution in [0.1, 0.15) is 16.0 Å². The van der Waals surface area contributed by atoms with Crippen LogP contribution in [0.2, 0.25) is 5.02 Å². The largest absolute Gasteiger partial charge is 0.323 e. The summed E-state index contributed by atoms with van der Waals surface area (Å²) in [5.41, 5.74) is 3.39. The first kappa shape index (κ1) is 15.3. The van der Waals surface area contributed by atoms with Gasteiger partial charge < -0.3 is 9.97 Å². The highest BCUT2D eigenvalue weighted by Gasteiger charge is 2.18. The van der Waals surface area contributed by atoms with Gasteiger partial charge in [-0.25, -0.2) is 4.79 Å². The standard InChI is InChI=1S/C14H8Br3ClN2O/c15-9-3-6(18)1-2-7(9)13(17)8-4-11-12(5-10(8)16)20-14(21)19-11/h1-5,13H,(H2,19,20,21). The molecule has 2 N–H and O–H groups in total. The first-order valence-corrected chi connectivity index (χ1v) is 8.84. The van der Waals surface area contributed by atoms with Crippen LogP contribution < -0.4 is 5.69 Å². The van der Waals surface area contributed by atoms with Gasteiger partial charge in [0.25, 0.3) is 0 Å². The van der Waals surface area contributed by atoms with Gasteiger partial charge in [-0.05, 0) is 35.4 Å². The van der Waals surface area contributed by atoms with Crippen LogP contribution in [0.25, 0.3) is 11.0 Å². The molecule has 0 amide bonds. The van der Waals surface area contributed by atoms with Crippen LogP contribution in [0.5, 0.6) is 0 Å². The number of hydrogen-bond acceptors (Lipinski definition) is 1. The zero-order valence-corrected chi connectivity index (χ0v) is 15.9. The van der Waals surface area contributed by atoms with E-state index >= 15 is 0 Å². The van der Waals surface area contributed by atoms with Gasteiger partial charge in [-0.2, -0.15) is 0 Å². The first-order chi connectivity index (χ1) is 9.95. The van der Waals surface area contributed by atoms with E-state index in [9.17, 15) is 4.79 Å². The first-order valence-electron chi connectivity index (χ1n) is 5.96. The predicted octanol–water partition coefficient (Wildman–Crippen LogP) is 5.52. The zero-order chi connectivity index (χ0) is 15.1. The van der Waals surface area contributed by atoms with Crippen molar-refractivity contribution in [2.24, 2.45) is 0 Å². The second kappa shape index (κ2) is 5.91. The third-order valence-corrected chi connectivity index (χ3v) is 5.74. The molecule has 0 bridgehead atoms. The average molecular weight is 495 g/mol. The summed E-state index contributed by atoms with van der Waals surface area (Å²) >= 11 is 16.8. The van der Waals surface area contributed by atoms with Crippen LogP contribution in [0.3, 0.4) is 0 Å². The summed E-state index contributed by atoms with van der Waals surface area (Å²) in [6.45, 7) is 0. The Kier molecular flexibility index (Phi) is 4.32. The van der Waals surface area contributed by atoms with Crippen LogP contribution in [-0.2, 0) is 0 Å². The Morgan fingerprint density at radius 3 is 2.24 bits per heavy atom. The van der Waals surface area contributed by atoms with Crippen LogP contribution in [0, 0.1) is 0 Å². The van der Waals surface area contributed by atoms with E-state index < -0.39 is 0 Å². The number of rotatable bonds is 2. The second-order valence-corrected chi connectivity index (χ2v) is 7.59. The number of halogens is 4. The Hall–Kier alpha value is -0.560. The lowest BCUT2D eigenvalue weighted by atomic mass is 10.0. The molecule has 0 radical (unpaired) electrons. The van der Waals surface area contributed by atoms with E-state index in [1.807, 2.05) is 30.3 Å². The minimum Gasteiger partial charge on any atom is -0.306 e. The summed E-state index contributed by atoms with van der Waals surface area (Å²) in [6, 6.07) is 9.50. The predicted molar refractivity (Wildman–Crippen MR) is 96.5 cm³/mol. The van der Waals surface area contributed by atoms with Crippen LogP contribution in [0.4, 0.5) is 0 Å². The number of aromatic nitrogens is 2. The molecule has 0 aliphatic carbocycles. The number of aromatic amines is 2. The fourth-order valence-electron chi connectivity index (χ4n) is 2.14. The van der Waals surface area contributed by atoms with Crippen molar-refractivity contribution in [1.82, 2.24) is 9.97 Å². The van der Waals surface area contributed by atoms with E-state index in [4.69, 9.17) is 11.6 Å². The lowest BCUT2D eigenvalue weighted by Gasteiger charge is -2.15. The van der Waals surface area contributed by atoms with Gasteiger partial charge in [-0.1, -0.05) is 65.5 Å². The lowest BCUT2D eigenvalue weighted by molar-refractivity contribution is 1.16. The van der Waals surface area contributed by atoms with Crippen molar-refractivity contribution < 1.29 is 0 Å². The van der Waals surface area contributed by atoms with E-state index in [0.29, 0.717) is 5.02 Å². The Labute approximate surface area is 150 Å². The van der Waals surface area contributed by atoms with Gasteiger partial charge in [0.15, 0.2) is 0 Å². The van der Waals surface area contributed by atoms with E-state index in [1.165, 1.54) is 0 Å². The molecule has 3 nitrogen and oxygen atoms in total.